The Morgan fingerprint density at radius 1 is 1.19 bits per heavy atom. The summed E-state index contributed by atoms with van der Waals surface area (Å²) in [7, 11) is 0. The summed E-state index contributed by atoms with van der Waals surface area (Å²) in [6, 6.07) is 7.98. The number of benzene rings is 2. The molecule has 2 aromatic carbocycles. The number of fused-ring (bicyclic) bond motifs is 1. The van der Waals surface area contributed by atoms with Crippen molar-refractivity contribution in [2.24, 2.45) is 0 Å². The number of hydrogen-bond acceptors (Lipinski definition) is 4. The second-order valence-electron chi connectivity index (χ2n) is 8.64. The van der Waals surface area contributed by atoms with Crippen LogP contribution in [0.3, 0.4) is 0 Å². The maximum Gasteiger partial charge on any atom is 0.416 e. The number of rotatable bonds is 9. The van der Waals surface area contributed by atoms with Gasteiger partial charge in [-0.15, -0.1) is 0 Å². The molecule has 0 saturated heterocycles. The van der Waals surface area contributed by atoms with E-state index >= 15 is 0 Å². The van der Waals surface area contributed by atoms with Crippen LogP contribution >= 0.6 is 11.6 Å². The molecule has 37 heavy (non-hydrogen) atoms. The summed E-state index contributed by atoms with van der Waals surface area (Å²) < 4.78 is 43.2. The van der Waals surface area contributed by atoms with Crippen molar-refractivity contribution >= 4 is 29.2 Å². The number of nitrogens with zero attached hydrogens (tertiary/aromatic N) is 2. The van der Waals surface area contributed by atoms with E-state index in [0.717, 1.165) is 6.07 Å². The van der Waals surface area contributed by atoms with Crippen LogP contribution in [0.4, 0.5) is 18.9 Å². The van der Waals surface area contributed by atoms with Crippen molar-refractivity contribution in [2.45, 2.75) is 44.9 Å². The summed E-state index contributed by atoms with van der Waals surface area (Å²) in [4.78, 5) is 27.6. The van der Waals surface area contributed by atoms with Gasteiger partial charge in [-0.2, -0.15) is 13.2 Å². The molecule has 1 amide bonds. The van der Waals surface area contributed by atoms with E-state index in [-0.39, 0.29) is 47.6 Å². The lowest BCUT2D eigenvalue weighted by Gasteiger charge is -2.27. The lowest BCUT2D eigenvalue weighted by molar-refractivity contribution is -0.142. The highest BCUT2D eigenvalue weighted by Gasteiger charge is 2.56. The Balaban J connectivity index is 2.20. The first kappa shape index (κ1) is 28.5. The molecule has 198 valence electrons. The lowest BCUT2D eigenvalue weighted by Crippen LogP contribution is -2.44. The zero-order valence-electron chi connectivity index (χ0n) is 20.5. The molecule has 3 rings (SSSR count). The number of carbonyl (C=O) groups is 2. The fourth-order valence-electron chi connectivity index (χ4n) is 4.43. The van der Waals surface area contributed by atoms with Gasteiger partial charge in [0.15, 0.2) is 5.60 Å². The fraction of sp³-hybridized carbons (Fsp3) is 0.407. The Kier molecular flexibility index (Phi) is 8.90. The molecule has 0 aromatic heterocycles. The van der Waals surface area contributed by atoms with Crippen molar-refractivity contribution in [3.8, 4) is 11.8 Å². The van der Waals surface area contributed by atoms with Gasteiger partial charge >= 0.3 is 12.1 Å². The smallest absolute Gasteiger partial charge is 0.416 e. The maximum atomic E-state index is 14.4. The van der Waals surface area contributed by atoms with Crippen LogP contribution in [0.1, 0.15) is 55.4 Å². The van der Waals surface area contributed by atoms with Gasteiger partial charge in [-0.05, 0) is 37.7 Å². The van der Waals surface area contributed by atoms with Gasteiger partial charge in [0.1, 0.15) is 0 Å². The molecule has 2 N–H and O–H groups in total. The van der Waals surface area contributed by atoms with E-state index in [9.17, 15) is 27.9 Å². The fourth-order valence-corrected chi connectivity index (χ4v) is 4.70. The Labute approximate surface area is 218 Å². The van der Waals surface area contributed by atoms with Crippen molar-refractivity contribution in [3.63, 3.8) is 0 Å². The van der Waals surface area contributed by atoms with Crippen LogP contribution in [-0.2, 0) is 21.4 Å². The minimum absolute atomic E-state index is 0.00504. The molecule has 1 atom stereocenters. The zero-order chi connectivity index (χ0) is 27.4. The second-order valence-corrected chi connectivity index (χ2v) is 9.05. The number of aliphatic hydroxyl groups is 1. The average Bonchev–Trinajstić information content (AvgIpc) is 3.05. The van der Waals surface area contributed by atoms with Crippen LogP contribution in [0.5, 0.6) is 0 Å². The highest BCUT2D eigenvalue weighted by Crippen LogP contribution is 2.51. The van der Waals surface area contributed by atoms with Crippen molar-refractivity contribution < 1.29 is 33.0 Å². The topological polar surface area (TPSA) is 81.1 Å². The molecule has 10 heteroatoms. The summed E-state index contributed by atoms with van der Waals surface area (Å²) in [5, 5.41) is 20.5. The van der Waals surface area contributed by atoms with Gasteiger partial charge < -0.3 is 20.0 Å². The number of halogens is 4. The van der Waals surface area contributed by atoms with Crippen molar-refractivity contribution in [1.29, 1.82) is 0 Å². The molecular formula is C27H28ClF3N2O4. The Hall–Kier alpha value is -3.06. The first-order valence-corrected chi connectivity index (χ1v) is 12.3. The highest BCUT2D eigenvalue weighted by molar-refractivity contribution is 6.32. The Morgan fingerprint density at radius 2 is 1.86 bits per heavy atom. The van der Waals surface area contributed by atoms with Gasteiger partial charge in [0.05, 0.1) is 11.3 Å². The van der Waals surface area contributed by atoms with Crippen molar-refractivity contribution in [3.05, 3.63) is 63.7 Å². The molecule has 0 aliphatic carbocycles. The third-order valence-electron chi connectivity index (χ3n) is 6.35. The Morgan fingerprint density at radius 3 is 2.46 bits per heavy atom. The van der Waals surface area contributed by atoms with Gasteiger partial charge in [0, 0.05) is 47.6 Å². The van der Waals surface area contributed by atoms with Crippen molar-refractivity contribution in [2.75, 3.05) is 31.1 Å². The number of carboxylic acids is 1. The van der Waals surface area contributed by atoms with E-state index in [4.69, 9.17) is 16.7 Å². The number of carboxylic acid groups (broad SMARTS) is 1. The number of anilines is 1. The number of amides is 1. The molecule has 1 unspecified atom stereocenters. The van der Waals surface area contributed by atoms with Gasteiger partial charge in [-0.1, -0.05) is 55.5 Å². The van der Waals surface area contributed by atoms with E-state index in [1.807, 2.05) is 18.7 Å². The first-order valence-electron chi connectivity index (χ1n) is 11.9. The predicted octanol–water partition coefficient (Wildman–Crippen LogP) is 4.89. The minimum Gasteiger partial charge on any atom is -0.481 e. The monoisotopic (exact) mass is 536 g/mol. The van der Waals surface area contributed by atoms with E-state index in [1.165, 1.54) is 29.2 Å². The van der Waals surface area contributed by atoms with E-state index in [0.29, 0.717) is 19.6 Å². The van der Waals surface area contributed by atoms with Gasteiger partial charge in [-0.3, -0.25) is 9.59 Å². The minimum atomic E-state index is -4.91. The van der Waals surface area contributed by atoms with Crippen LogP contribution in [0, 0.1) is 11.8 Å². The average molecular weight is 537 g/mol. The highest BCUT2D eigenvalue weighted by atomic mass is 35.5. The number of hydrogen-bond donors (Lipinski definition) is 2. The number of likely N-dealkylation sites (N-methyl/N-ethyl adjacent to an activating group) is 1. The summed E-state index contributed by atoms with van der Waals surface area (Å²) in [6.45, 7) is 5.65. The number of carbonyl (C=O) groups excluding carboxylic acids is 1. The summed E-state index contributed by atoms with van der Waals surface area (Å²) in [5.74, 6) is 3.47. The summed E-state index contributed by atoms with van der Waals surface area (Å²) in [5.41, 5.74) is -4.61. The van der Waals surface area contributed by atoms with Gasteiger partial charge in [0.25, 0.3) is 5.91 Å². The van der Waals surface area contributed by atoms with Crippen LogP contribution in [0.25, 0.3) is 0 Å². The van der Waals surface area contributed by atoms with E-state index in [1.54, 1.807) is 6.07 Å². The molecule has 1 heterocycles. The first-order chi connectivity index (χ1) is 17.4. The number of alkyl halides is 3. The summed E-state index contributed by atoms with van der Waals surface area (Å²) >= 11 is 6.28. The van der Waals surface area contributed by atoms with Gasteiger partial charge in [-0.25, -0.2) is 0 Å². The third-order valence-corrected chi connectivity index (χ3v) is 6.68. The standard InChI is InChI=1S/C27H28ClF3N2O4/c1-3-32(4-2)14-15-33-22-17-18(10-6-5-7-13-23(34)35)16-20(27(29,30)31)24(22)26(37,25(33)36)19-11-8-9-12-21(19)28/h8-9,11-12,16-17,37H,3-5,7,13-15H2,1-2H3,(H,34,35). The number of unbranched alkanes of at least 4 members (excludes halogenated alkanes) is 1. The second kappa shape index (κ2) is 11.5. The molecule has 1 aliphatic heterocycles. The van der Waals surface area contributed by atoms with Crippen LogP contribution < -0.4 is 4.90 Å². The SMILES string of the molecule is CCN(CC)CCN1C(=O)C(O)(c2ccccc2Cl)c2c1cc(C#CCCCC(=O)O)cc2C(F)(F)F. The molecule has 6 nitrogen and oxygen atoms in total. The maximum absolute atomic E-state index is 14.4. The molecule has 0 saturated carbocycles. The van der Waals surface area contributed by atoms with Crippen molar-refractivity contribution in [1.82, 2.24) is 4.90 Å². The van der Waals surface area contributed by atoms with Crippen LogP contribution in [0.15, 0.2) is 36.4 Å². The normalized spacial score (nSPS) is 17.1. The molecule has 0 radical (unpaired) electrons. The molecule has 1 aliphatic rings. The van der Waals surface area contributed by atoms with E-state index in [2.05, 4.69) is 11.8 Å². The van der Waals surface area contributed by atoms with Crippen LogP contribution in [-0.4, -0.2) is 53.2 Å². The molecule has 2 aromatic rings. The van der Waals surface area contributed by atoms with Gasteiger partial charge in [0.2, 0.25) is 0 Å². The molecule has 0 spiro atoms. The Bertz CT molecular complexity index is 1230. The molecule has 0 bridgehead atoms. The number of aliphatic carboxylic acids is 1. The molecular weight excluding hydrogens is 509 g/mol. The third kappa shape index (κ3) is 5.93. The zero-order valence-corrected chi connectivity index (χ0v) is 21.3. The van der Waals surface area contributed by atoms with E-state index < -0.39 is 34.8 Å². The molecule has 0 fully saturated rings. The summed E-state index contributed by atoms with van der Waals surface area (Å²) in [6.07, 6.45) is -4.58. The predicted molar refractivity (Wildman–Crippen MR) is 134 cm³/mol. The largest absolute Gasteiger partial charge is 0.481 e. The van der Waals surface area contributed by atoms with Crippen LogP contribution in [0.2, 0.25) is 5.02 Å². The lowest BCUT2D eigenvalue weighted by atomic mass is 9.83. The quantitative estimate of drug-likeness (QED) is 0.352.